The summed E-state index contributed by atoms with van der Waals surface area (Å²) in [6.45, 7) is 11.4. The van der Waals surface area contributed by atoms with Crippen molar-refractivity contribution in [1.29, 1.82) is 0 Å². The molecule has 2 aromatic carbocycles. The maximum absolute atomic E-state index is 13.1. The third kappa shape index (κ3) is 5.85. The Hall–Kier alpha value is -2.61. The van der Waals surface area contributed by atoms with E-state index in [0.29, 0.717) is 24.2 Å². The van der Waals surface area contributed by atoms with Gasteiger partial charge in [-0.05, 0) is 65.5 Å². The quantitative estimate of drug-likeness (QED) is 0.410. The molecule has 3 rings (SSSR count). The number of hydrogen-bond donors (Lipinski definition) is 1. The molecule has 1 heterocycles. The molecule has 0 aliphatic rings. The number of ether oxygens (including phenoxy) is 1. The average Bonchev–Trinajstić information content (AvgIpc) is 3.09. The summed E-state index contributed by atoms with van der Waals surface area (Å²) in [5.74, 6) is 0.0257. The van der Waals surface area contributed by atoms with Crippen LogP contribution < -0.4 is 0 Å². The highest BCUT2D eigenvalue weighted by Gasteiger charge is 2.32. The van der Waals surface area contributed by atoms with Crippen LogP contribution in [-0.4, -0.2) is 33.8 Å². The number of phenolic OH excluding ortho intramolecular Hbond substituents is 1. The maximum atomic E-state index is 13.1. The van der Waals surface area contributed by atoms with Crippen molar-refractivity contribution in [1.82, 2.24) is 15.0 Å². The minimum atomic E-state index is -4.47. The van der Waals surface area contributed by atoms with Gasteiger partial charge < -0.3 is 9.84 Å². The fourth-order valence-corrected chi connectivity index (χ4v) is 4.45. The summed E-state index contributed by atoms with van der Waals surface area (Å²) in [4.78, 5) is 1.23. The summed E-state index contributed by atoms with van der Waals surface area (Å²) in [5, 5.41) is 19.7. The molecule has 180 valence electrons. The van der Waals surface area contributed by atoms with E-state index in [2.05, 4.69) is 44.8 Å². The van der Waals surface area contributed by atoms with Crippen molar-refractivity contribution in [2.45, 2.75) is 65.5 Å². The number of nitrogens with zero attached hydrogens (tertiary/aromatic N) is 3. The first kappa shape index (κ1) is 25.0. The Morgan fingerprint density at radius 2 is 1.61 bits per heavy atom. The Bertz CT molecular complexity index is 1130. The first-order valence-corrected chi connectivity index (χ1v) is 11.0. The molecule has 5 nitrogen and oxygen atoms in total. The number of aromatic nitrogens is 3. The van der Waals surface area contributed by atoms with Gasteiger partial charge in [0.25, 0.3) is 0 Å². The van der Waals surface area contributed by atoms with Gasteiger partial charge in [-0.3, -0.25) is 0 Å². The lowest BCUT2D eigenvalue weighted by Gasteiger charge is -2.33. The van der Waals surface area contributed by atoms with Crippen LogP contribution in [0.15, 0.2) is 30.3 Å². The molecular weight excluding hydrogens is 431 g/mol. The van der Waals surface area contributed by atoms with E-state index >= 15 is 0 Å². The predicted octanol–water partition coefficient (Wildman–Crippen LogP) is 6.44. The van der Waals surface area contributed by atoms with Gasteiger partial charge in [0.15, 0.2) is 0 Å². The molecule has 0 radical (unpaired) electrons. The number of benzene rings is 2. The molecule has 0 saturated heterocycles. The van der Waals surface area contributed by atoms with Crippen molar-refractivity contribution in [3.63, 3.8) is 0 Å². The van der Waals surface area contributed by atoms with Crippen LogP contribution in [0.25, 0.3) is 16.7 Å². The van der Waals surface area contributed by atoms with E-state index in [1.165, 1.54) is 10.9 Å². The molecule has 0 aliphatic heterocycles. The largest absolute Gasteiger partial charge is 0.505 e. The Kier molecular flexibility index (Phi) is 6.80. The highest BCUT2D eigenvalue weighted by molar-refractivity contribution is 5.75. The van der Waals surface area contributed by atoms with Crippen LogP contribution >= 0.6 is 0 Å². The molecule has 1 aromatic heterocycles. The summed E-state index contributed by atoms with van der Waals surface area (Å²) in [6, 6.07) is 7.10. The Morgan fingerprint density at radius 3 is 2.21 bits per heavy atom. The van der Waals surface area contributed by atoms with Crippen LogP contribution in [0.1, 0.15) is 64.2 Å². The van der Waals surface area contributed by atoms with Gasteiger partial charge in [-0.1, -0.05) is 40.7 Å². The zero-order valence-corrected chi connectivity index (χ0v) is 20.0. The van der Waals surface area contributed by atoms with Crippen molar-refractivity contribution < 1.29 is 23.0 Å². The summed E-state index contributed by atoms with van der Waals surface area (Å²) in [7, 11) is 1.63. The Morgan fingerprint density at radius 1 is 0.939 bits per heavy atom. The van der Waals surface area contributed by atoms with Crippen molar-refractivity contribution in [3.8, 4) is 11.4 Å². The lowest BCUT2D eigenvalue weighted by Crippen LogP contribution is -2.25. The van der Waals surface area contributed by atoms with Crippen molar-refractivity contribution in [2.24, 2.45) is 5.41 Å². The Labute approximate surface area is 192 Å². The van der Waals surface area contributed by atoms with Gasteiger partial charge in [0.2, 0.25) is 0 Å². The summed E-state index contributed by atoms with van der Waals surface area (Å²) in [5.41, 5.74) is 1.61. The lowest BCUT2D eigenvalue weighted by molar-refractivity contribution is -0.137. The van der Waals surface area contributed by atoms with Gasteiger partial charge in [-0.2, -0.15) is 13.2 Å². The van der Waals surface area contributed by atoms with Crippen LogP contribution in [0.3, 0.4) is 0 Å². The molecule has 0 amide bonds. The molecule has 0 aliphatic carbocycles. The number of aryl methyl sites for hydroxylation is 1. The van der Waals surface area contributed by atoms with E-state index in [4.69, 9.17) is 4.74 Å². The van der Waals surface area contributed by atoms with E-state index in [0.717, 1.165) is 36.1 Å². The molecule has 8 heteroatoms. The first-order chi connectivity index (χ1) is 15.2. The van der Waals surface area contributed by atoms with Gasteiger partial charge in [0, 0.05) is 13.7 Å². The number of alkyl halides is 3. The predicted molar refractivity (Wildman–Crippen MR) is 123 cm³/mol. The van der Waals surface area contributed by atoms with Gasteiger partial charge in [0.1, 0.15) is 22.5 Å². The molecule has 1 N–H and O–H groups in total. The second-order valence-electron chi connectivity index (χ2n) is 10.4. The Balaban J connectivity index is 2.14. The van der Waals surface area contributed by atoms with Crippen molar-refractivity contribution in [3.05, 3.63) is 47.0 Å². The van der Waals surface area contributed by atoms with Crippen LogP contribution in [0.5, 0.6) is 5.75 Å². The standard InChI is InChI=1S/C25H32F3N3O2/c1-23(2,3)15-24(4,5)18-12-16(8-7-11-33-6)22(32)21(14-18)31-29-19-10-9-17(25(26,27)28)13-20(19)30-31/h9-10,12-14,32H,7-8,11,15H2,1-6H3. The summed E-state index contributed by atoms with van der Waals surface area (Å²) < 4.78 is 44.5. The third-order valence-corrected chi connectivity index (χ3v) is 5.64. The monoisotopic (exact) mass is 463 g/mol. The second kappa shape index (κ2) is 8.97. The molecule has 33 heavy (non-hydrogen) atoms. The third-order valence-electron chi connectivity index (χ3n) is 5.64. The van der Waals surface area contributed by atoms with Crippen LogP contribution in [0.4, 0.5) is 13.2 Å². The molecule has 0 bridgehead atoms. The molecule has 0 saturated carbocycles. The fraction of sp³-hybridized carbons (Fsp3) is 0.520. The van der Waals surface area contributed by atoms with E-state index in [1.807, 2.05) is 12.1 Å². The maximum Gasteiger partial charge on any atom is 0.416 e. The lowest BCUT2D eigenvalue weighted by atomic mass is 9.72. The number of fused-ring (bicyclic) bond motifs is 1. The van der Waals surface area contributed by atoms with E-state index in [1.54, 1.807) is 7.11 Å². The number of phenols is 1. The van der Waals surface area contributed by atoms with Crippen LogP contribution in [-0.2, 0) is 22.7 Å². The highest BCUT2D eigenvalue weighted by atomic mass is 19.4. The first-order valence-electron chi connectivity index (χ1n) is 11.0. The number of halogens is 3. The molecule has 0 unspecified atom stereocenters. The van der Waals surface area contributed by atoms with E-state index < -0.39 is 11.7 Å². The van der Waals surface area contributed by atoms with Gasteiger partial charge in [-0.25, -0.2) is 0 Å². The molecule has 3 aromatic rings. The van der Waals surface area contributed by atoms with Gasteiger partial charge >= 0.3 is 6.18 Å². The zero-order chi connectivity index (χ0) is 24.6. The molecule has 0 atom stereocenters. The highest BCUT2D eigenvalue weighted by Crippen LogP contribution is 2.40. The topological polar surface area (TPSA) is 60.2 Å². The van der Waals surface area contributed by atoms with Gasteiger partial charge in [-0.15, -0.1) is 15.0 Å². The van der Waals surface area contributed by atoms with Crippen LogP contribution in [0.2, 0.25) is 0 Å². The van der Waals surface area contributed by atoms with E-state index in [9.17, 15) is 18.3 Å². The zero-order valence-electron chi connectivity index (χ0n) is 20.0. The number of aromatic hydroxyl groups is 1. The van der Waals surface area contributed by atoms with Crippen LogP contribution in [0, 0.1) is 5.41 Å². The number of rotatable bonds is 7. The fourth-order valence-electron chi connectivity index (χ4n) is 4.45. The number of hydrogen-bond acceptors (Lipinski definition) is 4. The summed E-state index contributed by atoms with van der Waals surface area (Å²) >= 11 is 0. The molecular formula is C25H32F3N3O2. The SMILES string of the molecule is COCCCc1cc(C(C)(C)CC(C)(C)C)cc(-n2nc3ccc(C(F)(F)F)cc3n2)c1O. The number of methoxy groups -OCH3 is 1. The van der Waals surface area contributed by atoms with E-state index in [-0.39, 0.29) is 22.1 Å². The minimum absolute atomic E-state index is 0.0257. The summed E-state index contributed by atoms with van der Waals surface area (Å²) in [6.07, 6.45) is -2.27. The minimum Gasteiger partial charge on any atom is -0.505 e. The smallest absolute Gasteiger partial charge is 0.416 e. The average molecular weight is 464 g/mol. The molecule has 0 spiro atoms. The normalized spacial score (nSPS) is 13.1. The van der Waals surface area contributed by atoms with Crippen molar-refractivity contribution >= 4 is 11.0 Å². The van der Waals surface area contributed by atoms with Gasteiger partial charge in [0.05, 0.1) is 5.56 Å². The molecule has 0 fully saturated rings. The second-order valence-corrected chi connectivity index (χ2v) is 10.4. The van der Waals surface area contributed by atoms with Crippen molar-refractivity contribution in [2.75, 3.05) is 13.7 Å².